The van der Waals surface area contributed by atoms with E-state index in [0.717, 1.165) is 12.1 Å². The van der Waals surface area contributed by atoms with Crippen LogP contribution in [0.3, 0.4) is 0 Å². The highest BCUT2D eigenvalue weighted by atomic mass is 19.1. The number of ether oxygens (including phenoxy) is 1. The molecule has 1 aromatic rings. The maximum atomic E-state index is 12.9. The number of likely N-dealkylation sites (N-methyl/N-ethyl adjacent to an activating group) is 1. The molecule has 0 aliphatic rings. The highest BCUT2D eigenvalue weighted by Crippen LogP contribution is 2.13. The Morgan fingerprint density at radius 2 is 2.00 bits per heavy atom. The van der Waals surface area contributed by atoms with E-state index in [2.05, 4.69) is 5.32 Å². The molecule has 5 nitrogen and oxygen atoms in total. The Morgan fingerprint density at radius 3 is 2.53 bits per heavy atom. The Bertz CT molecular complexity index is 423. The molecule has 1 aromatic carbocycles. The third-order valence-electron chi connectivity index (χ3n) is 2.30. The van der Waals surface area contributed by atoms with Crippen LogP contribution in [0.5, 0.6) is 0 Å². The molecule has 0 bridgehead atoms. The van der Waals surface area contributed by atoms with Crippen LogP contribution in [-0.4, -0.2) is 49.5 Å². The fourth-order valence-electron chi connectivity index (χ4n) is 1.49. The van der Waals surface area contributed by atoms with Crippen molar-refractivity contribution in [3.8, 4) is 0 Å². The quantitative estimate of drug-likeness (QED) is 0.854. The first-order valence-corrected chi connectivity index (χ1v) is 5.57. The van der Waals surface area contributed by atoms with Gasteiger partial charge in [-0.1, -0.05) is 0 Å². The van der Waals surface area contributed by atoms with Gasteiger partial charge >= 0.3 is 6.03 Å². The molecule has 0 saturated heterocycles. The van der Waals surface area contributed by atoms with E-state index in [4.69, 9.17) is 4.74 Å². The minimum atomic E-state index is -0.829. The number of amides is 2. The van der Waals surface area contributed by atoms with Crippen molar-refractivity contribution in [2.45, 2.75) is 6.10 Å². The number of nitrogens with zero attached hydrogens (tertiary/aromatic N) is 1. The monoisotopic (exact) mass is 274 g/mol. The van der Waals surface area contributed by atoms with Crippen molar-refractivity contribution < 1.29 is 23.4 Å². The topological polar surface area (TPSA) is 61.8 Å². The first kappa shape index (κ1) is 15.3. The summed E-state index contributed by atoms with van der Waals surface area (Å²) in [4.78, 5) is 12.9. The maximum Gasteiger partial charge on any atom is 0.321 e. The van der Waals surface area contributed by atoms with Crippen molar-refractivity contribution in [1.82, 2.24) is 4.90 Å². The van der Waals surface area contributed by atoms with Gasteiger partial charge in [-0.25, -0.2) is 13.6 Å². The molecule has 0 aliphatic carbocycles. The molecule has 19 heavy (non-hydrogen) atoms. The van der Waals surface area contributed by atoms with E-state index in [9.17, 15) is 18.7 Å². The average Bonchev–Trinajstić information content (AvgIpc) is 2.27. The molecule has 1 unspecified atom stereocenters. The molecule has 0 aromatic heterocycles. The van der Waals surface area contributed by atoms with Crippen molar-refractivity contribution in [2.24, 2.45) is 0 Å². The summed E-state index contributed by atoms with van der Waals surface area (Å²) < 4.78 is 30.6. The van der Waals surface area contributed by atoms with Crippen LogP contribution in [0.15, 0.2) is 18.2 Å². The van der Waals surface area contributed by atoms with Gasteiger partial charge in [-0.15, -0.1) is 0 Å². The van der Waals surface area contributed by atoms with Gasteiger partial charge in [0.25, 0.3) is 0 Å². The van der Waals surface area contributed by atoms with Gasteiger partial charge in [0.05, 0.1) is 19.3 Å². The predicted octanol–water partition coefficient (Wildman–Crippen LogP) is 1.44. The van der Waals surface area contributed by atoms with Gasteiger partial charge in [-0.05, 0) is 12.1 Å². The summed E-state index contributed by atoms with van der Waals surface area (Å²) in [7, 11) is 2.88. The third kappa shape index (κ3) is 5.19. The number of nitrogens with one attached hydrogen (secondary N) is 1. The summed E-state index contributed by atoms with van der Waals surface area (Å²) >= 11 is 0. The number of aliphatic hydroxyl groups excluding tert-OH is 1. The number of anilines is 1. The largest absolute Gasteiger partial charge is 0.389 e. The Balaban J connectivity index is 2.58. The van der Waals surface area contributed by atoms with Crippen LogP contribution in [0, 0.1) is 11.6 Å². The van der Waals surface area contributed by atoms with Crippen LogP contribution in [-0.2, 0) is 4.74 Å². The normalized spacial score (nSPS) is 12.1. The van der Waals surface area contributed by atoms with E-state index < -0.39 is 23.8 Å². The van der Waals surface area contributed by atoms with Crippen LogP contribution in [0.25, 0.3) is 0 Å². The van der Waals surface area contributed by atoms with E-state index in [1.54, 1.807) is 0 Å². The molecule has 0 radical (unpaired) electrons. The van der Waals surface area contributed by atoms with Gasteiger partial charge in [0.2, 0.25) is 0 Å². The second kappa shape index (κ2) is 7.01. The van der Waals surface area contributed by atoms with Crippen molar-refractivity contribution in [3.63, 3.8) is 0 Å². The summed E-state index contributed by atoms with van der Waals surface area (Å²) in [5.41, 5.74) is 0.00980. The summed E-state index contributed by atoms with van der Waals surface area (Å²) in [5, 5.41) is 11.8. The summed E-state index contributed by atoms with van der Waals surface area (Å²) in [6.45, 7) is 0.129. The van der Waals surface area contributed by atoms with Crippen molar-refractivity contribution in [2.75, 3.05) is 32.6 Å². The summed E-state index contributed by atoms with van der Waals surface area (Å²) in [6, 6.07) is 2.13. The van der Waals surface area contributed by atoms with E-state index in [0.29, 0.717) is 6.07 Å². The zero-order valence-corrected chi connectivity index (χ0v) is 10.7. The molecule has 0 spiro atoms. The van der Waals surface area contributed by atoms with Crippen LogP contribution in [0.4, 0.5) is 19.3 Å². The van der Waals surface area contributed by atoms with Gasteiger partial charge in [-0.3, -0.25) is 0 Å². The molecule has 0 saturated carbocycles. The van der Waals surface area contributed by atoms with Crippen LogP contribution in [0.1, 0.15) is 0 Å². The number of methoxy groups -OCH3 is 1. The van der Waals surface area contributed by atoms with Crippen LogP contribution >= 0.6 is 0 Å². The van der Waals surface area contributed by atoms with Gasteiger partial charge in [0.1, 0.15) is 11.6 Å². The number of hydrogen-bond donors (Lipinski definition) is 2. The zero-order valence-electron chi connectivity index (χ0n) is 10.7. The minimum Gasteiger partial charge on any atom is -0.389 e. The zero-order chi connectivity index (χ0) is 14.4. The molecule has 0 fully saturated rings. The van der Waals surface area contributed by atoms with E-state index in [-0.39, 0.29) is 18.8 Å². The Labute approximate surface area is 109 Å². The number of carbonyl (C=O) groups excluding carboxylic acids is 1. The summed E-state index contributed by atoms with van der Waals surface area (Å²) in [5.74, 6) is -1.56. The molecule has 7 heteroatoms. The van der Waals surface area contributed by atoms with Crippen LogP contribution < -0.4 is 5.32 Å². The van der Waals surface area contributed by atoms with Gasteiger partial charge in [0.15, 0.2) is 0 Å². The molecule has 1 rings (SSSR count). The number of urea groups is 1. The molecule has 2 amide bonds. The molecule has 0 aliphatic heterocycles. The average molecular weight is 274 g/mol. The van der Waals surface area contributed by atoms with Crippen molar-refractivity contribution >= 4 is 11.7 Å². The highest BCUT2D eigenvalue weighted by Gasteiger charge is 2.14. The van der Waals surface area contributed by atoms with Crippen molar-refractivity contribution in [3.05, 3.63) is 29.8 Å². The molecular weight excluding hydrogens is 258 g/mol. The second-order valence-electron chi connectivity index (χ2n) is 4.08. The summed E-state index contributed by atoms with van der Waals surface area (Å²) in [6.07, 6.45) is -0.829. The number of carbonyl (C=O) groups is 1. The highest BCUT2D eigenvalue weighted by molar-refractivity contribution is 5.89. The third-order valence-corrected chi connectivity index (χ3v) is 2.30. The van der Waals surface area contributed by atoms with Gasteiger partial charge in [-0.2, -0.15) is 0 Å². The Hall–Kier alpha value is -1.73. The first-order chi connectivity index (χ1) is 8.92. The molecule has 0 heterocycles. The van der Waals surface area contributed by atoms with Crippen LogP contribution in [0.2, 0.25) is 0 Å². The Morgan fingerprint density at radius 1 is 1.42 bits per heavy atom. The standard InChI is InChI=1S/C12H16F2N2O3/c1-16(6-11(17)7-19-2)12(18)15-10-4-8(13)3-9(14)5-10/h3-5,11,17H,6-7H2,1-2H3,(H,15,18). The van der Waals surface area contributed by atoms with Gasteiger partial charge < -0.3 is 20.1 Å². The molecule has 106 valence electrons. The lowest BCUT2D eigenvalue weighted by Gasteiger charge is -2.21. The number of aliphatic hydroxyl groups is 1. The first-order valence-electron chi connectivity index (χ1n) is 5.57. The van der Waals surface area contributed by atoms with Gasteiger partial charge in [0, 0.05) is 25.9 Å². The smallest absolute Gasteiger partial charge is 0.321 e. The molecule has 2 N–H and O–H groups in total. The van der Waals surface area contributed by atoms with E-state index >= 15 is 0 Å². The van der Waals surface area contributed by atoms with Crippen molar-refractivity contribution in [1.29, 1.82) is 0 Å². The SMILES string of the molecule is COCC(O)CN(C)C(=O)Nc1cc(F)cc(F)c1. The second-order valence-corrected chi connectivity index (χ2v) is 4.08. The fourth-order valence-corrected chi connectivity index (χ4v) is 1.49. The lowest BCUT2D eigenvalue weighted by molar-refractivity contribution is 0.0501. The molecule has 1 atom stereocenters. The number of rotatable bonds is 5. The van der Waals surface area contributed by atoms with E-state index in [1.807, 2.05) is 0 Å². The number of halogens is 2. The Kier molecular flexibility index (Phi) is 5.65. The predicted molar refractivity (Wildman–Crippen MR) is 65.9 cm³/mol. The van der Waals surface area contributed by atoms with E-state index in [1.165, 1.54) is 19.1 Å². The fraction of sp³-hybridized carbons (Fsp3) is 0.417. The maximum absolute atomic E-state index is 12.9. The number of benzene rings is 1. The lowest BCUT2D eigenvalue weighted by Crippen LogP contribution is -2.38. The minimum absolute atomic E-state index is 0.00980. The number of hydrogen-bond acceptors (Lipinski definition) is 3. The molecular formula is C12H16F2N2O3. The lowest BCUT2D eigenvalue weighted by atomic mass is 10.3.